The summed E-state index contributed by atoms with van der Waals surface area (Å²) in [5.74, 6) is -0.0562. The summed E-state index contributed by atoms with van der Waals surface area (Å²) in [7, 11) is 0. The van der Waals surface area contributed by atoms with Crippen LogP contribution in [0.25, 0.3) is 0 Å². The third kappa shape index (κ3) is 5.77. The second-order valence-corrected chi connectivity index (χ2v) is 6.25. The van der Waals surface area contributed by atoms with Gasteiger partial charge in [-0.05, 0) is 24.9 Å². The minimum atomic E-state index is -0.0562. The maximum atomic E-state index is 12.2. The molecule has 1 fully saturated rings. The van der Waals surface area contributed by atoms with Crippen LogP contribution in [0.5, 0.6) is 0 Å². The van der Waals surface area contributed by atoms with Gasteiger partial charge in [-0.3, -0.25) is 4.79 Å². The summed E-state index contributed by atoms with van der Waals surface area (Å²) in [6, 6.07) is 10.4. The van der Waals surface area contributed by atoms with E-state index in [2.05, 4.69) is 27.8 Å². The van der Waals surface area contributed by atoms with Gasteiger partial charge in [0.25, 0.3) is 5.91 Å². The van der Waals surface area contributed by atoms with E-state index in [1.54, 1.807) is 11.3 Å². The highest BCUT2D eigenvalue weighted by Crippen LogP contribution is 2.15. The Hall–Kier alpha value is -1.14. The number of nitrogens with zero attached hydrogens (tertiary/aromatic N) is 1. The van der Waals surface area contributed by atoms with Crippen molar-refractivity contribution in [2.45, 2.75) is 25.3 Å². The van der Waals surface area contributed by atoms with Crippen molar-refractivity contribution in [3.05, 3.63) is 52.0 Å². The van der Waals surface area contributed by atoms with E-state index in [0.29, 0.717) is 5.69 Å². The fraction of sp³-hybridized carbons (Fsp3) is 0.375. The normalized spacial score (nSPS) is 16.8. The van der Waals surface area contributed by atoms with Gasteiger partial charge in [-0.25, -0.2) is 4.98 Å². The Morgan fingerprint density at radius 3 is 2.78 bits per heavy atom. The first-order chi connectivity index (χ1) is 10.3. The average molecular weight is 374 g/mol. The third-order valence-electron chi connectivity index (χ3n) is 3.61. The maximum absolute atomic E-state index is 12.2. The van der Waals surface area contributed by atoms with E-state index in [4.69, 9.17) is 0 Å². The van der Waals surface area contributed by atoms with E-state index in [1.807, 2.05) is 23.6 Å². The molecule has 1 aromatic heterocycles. The molecule has 2 N–H and O–H groups in total. The summed E-state index contributed by atoms with van der Waals surface area (Å²) in [5, 5.41) is 9.18. The lowest BCUT2D eigenvalue weighted by atomic mass is 10.1. The molecule has 1 unspecified atom stereocenters. The van der Waals surface area contributed by atoms with Crippen LogP contribution in [0.4, 0.5) is 0 Å². The predicted molar refractivity (Wildman–Crippen MR) is 99.2 cm³/mol. The molecule has 0 saturated carbocycles. The predicted octanol–water partition coefficient (Wildman–Crippen LogP) is 3.06. The number of hydrogen-bond acceptors (Lipinski definition) is 4. The monoisotopic (exact) mass is 373 g/mol. The maximum Gasteiger partial charge on any atom is 0.271 e. The minimum Gasteiger partial charge on any atom is -0.347 e. The molecule has 1 aliphatic heterocycles. The van der Waals surface area contributed by atoms with Crippen molar-refractivity contribution in [1.29, 1.82) is 0 Å². The Labute approximate surface area is 152 Å². The fourth-order valence-electron chi connectivity index (χ4n) is 2.50. The van der Waals surface area contributed by atoms with E-state index in [0.717, 1.165) is 37.4 Å². The number of piperidine rings is 1. The number of halogens is 2. The lowest BCUT2D eigenvalue weighted by Crippen LogP contribution is -2.45. The van der Waals surface area contributed by atoms with Crippen molar-refractivity contribution in [2.24, 2.45) is 0 Å². The molecule has 1 saturated heterocycles. The highest BCUT2D eigenvalue weighted by atomic mass is 35.5. The van der Waals surface area contributed by atoms with E-state index < -0.39 is 0 Å². The van der Waals surface area contributed by atoms with E-state index in [-0.39, 0.29) is 36.8 Å². The van der Waals surface area contributed by atoms with Crippen LogP contribution < -0.4 is 10.6 Å². The first-order valence-electron chi connectivity index (χ1n) is 7.31. The molecule has 1 amide bonds. The SMILES string of the molecule is Cl.Cl.O=C(NC1CCCNC1)c1csc(Cc2ccccc2)n1. The fourth-order valence-corrected chi connectivity index (χ4v) is 3.31. The molecule has 1 atom stereocenters. The Morgan fingerprint density at radius 2 is 2.09 bits per heavy atom. The molecule has 126 valence electrons. The van der Waals surface area contributed by atoms with Crippen molar-refractivity contribution >= 4 is 42.1 Å². The number of thiazole rings is 1. The highest BCUT2D eigenvalue weighted by Gasteiger charge is 2.18. The number of amides is 1. The van der Waals surface area contributed by atoms with Gasteiger partial charge in [0.05, 0.1) is 5.01 Å². The second-order valence-electron chi connectivity index (χ2n) is 5.31. The lowest BCUT2D eigenvalue weighted by Gasteiger charge is -2.23. The minimum absolute atomic E-state index is 0. The largest absolute Gasteiger partial charge is 0.347 e. The highest BCUT2D eigenvalue weighted by molar-refractivity contribution is 7.09. The van der Waals surface area contributed by atoms with Crippen LogP contribution in [0.1, 0.15) is 33.9 Å². The molecular weight excluding hydrogens is 353 g/mol. The van der Waals surface area contributed by atoms with Crippen LogP contribution in [0.3, 0.4) is 0 Å². The van der Waals surface area contributed by atoms with Gasteiger partial charge in [-0.1, -0.05) is 30.3 Å². The number of carbonyl (C=O) groups is 1. The summed E-state index contributed by atoms with van der Waals surface area (Å²) >= 11 is 1.55. The van der Waals surface area contributed by atoms with E-state index in [1.165, 1.54) is 5.56 Å². The van der Waals surface area contributed by atoms with Gasteiger partial charge < -0.3 is 10.6 Å². The number of aromatic nitrogens is 1. The molecular formula is C16H21Cl2N3OS. The molecule has 0 bridgehead atoms. The van der Waals surface area contributed by atoms with Crippen molar-refractivity contribution in [3.63, 3.8) is 0 Å². The first-order valence-corrected chi connectivity index (χ1v) is 8.19. The molecule has 3 rings (SSSR count). The standard InChI is InChI=1S/C16H19N3OS.2ClH/c20-16(18-13-7-4-8-17-10-13)14-11-21-15(19-14)9-12-5-2-1-3-6-12;;/h1-3,5-6,11,13,17H,4,7-10H2,(H,18,20);2*1H. The summed E-state index contributed by atoms with van der Waals surface area (Å²) in [6.45, 7) is 1.90. The number of rotatable bonds is 4. The van der Waals surface area contributed by atoms with Crippen LogP contribution in [0.2, 0.25) is 0 Å². The Bertz CT molecular complexity index is 600. The molecule has 0 radical (unpaired) electrons. The summed E-state index contributed by atoms with van der Waals surface area (Å²) in [5.41, 5.74) is 1.76. The molecule has 1 aromatic carbocycles. The van der Waals surface area contributed by atoms with Crippen LogP contribution in [0.15, 0.2) is 35.7 Å². The van der Waals surface area contributed by atoms with Crippen molar-refractivity contribution in [1.82, 2.24) is 15.6 Å². The Morgan fingerprint density at radius 1 is 1.30 bits per heavy atom. The molecule has 7 heteroatoms. The molecule has 2 aromatic rings. The van der Waals surface area contributed by atoms with Gasteiger partial charge in [0, 0.05) is 24.4 Å². The summed E-state index contributed by atoms with van der Waals surface area (Å²) in [6.07, 6.45) is 2.94. The van der Waals surface area contributed by atoms with Gasteiger partial charge in [-0.2, -0.15) is 0 Å². The molecule has 23 heavy (non-hydrogen) atoms. The van der Waals surface area contributed by atoms with Gasteiger partial charge >= 0.3 is 0 Å². The number of carbonyl (C=O) groups excluding carboxylic acids is 1. The zero-order valence-electron chi connectivity index (χ0n) is 12.7. The van der Waals surface area contributed by atoms with Gasteiger partial charge in [0.2, 0.25) is 0 Å². The molecule has 2 heterocycles. The zero-order chi connectivity index (χ0) is 14.5. The summed E-state index contributed by atoms with van der Waals surface area (Å²) in [4.78, 5) is 16.6. The summed E-state index contributed by atoms with van der Waals surface area (Å²) < 4.78 is 0. The zero-order valence-corrected chi connectivity index (χ0v) is 15.1. The van der Waals surface area contributed by atoms with Crippen LogP contribution >= 0.6 is 36.2 Å². The Balaban J connectivity index is 0.00000132. The van der Waals surface area contributed by atoms with Gasteiger partial charge in [-0.15, -0.1) is 36.2 Å². The van der Waals surface area contributed by atoms with Crippen LogP contribution in [-0.2, 0) is 6.42 Å². The van der Waals surface area contributed by atoms with Gasteiger partial charge in [0.1, 0.15) is 5.69 Å². The average Bonchev–Trinajstić information content (AvgIpc) is 2.98. The second kappa shape index (κ2) is 9.88. The number of nitrogens with one attached hydrogen (secondary N) is 2. The van der Waals surface area contributed by atoms with E-state index >= 15 is 0 Å². The molecule has 1 aliphatic rings. The van der Waals surface area contributed by atoms with E-state index in [9.17, 15) is 4.79 Å². The van der Waals surface area contributed by atoms with Crippen LogP contribution in [0, 0.1) is 0 Å². The quantitative estimate of drug-likeness (QED) is 0.865. The van der Waals surface area contributed by atoms with Crippen LogP contribution in [-0.4, -0.2) is 30.0 Å². The molecule has 4 nitrogen and oxygen atoms in total. The van der Waals surface area contributed by atoms with Gasteiger partial charge in [0.15, 0.2) is 0 Å². The smallest absolute Gasteiger partial charge is 0.271 e. The van der Waals surface area contributed by atoms with Crippen molar-refractivity contribution < 1.29 is 4.79 Å². The topological polar surface area (TPSA) is 54.0 Å². The third-order valence-corrected chi connectivity index (χ3v) is 4.46. The molecule has 0 spiro atoms. The number of benzene rings is 1. The first kappa shape index (κ1) is 19.9. The van der Waals surface area contributed by atoms with Crippen molar-refractivity contribution in [2.75, 3.05) is 13.1 Å². The molecule has 0 aliphatic carbocycles. The van der Waals surface area contributed by atoms with Crippen molar-refractivity contribution in [3.8, 4) is 0 Å². The Kier molecular flexibility index (Phi) is 8.55. The number of hydrogen-bond donors (Lipinski definition) is 2. The lowest BCUT2D eigenvalue weighted by molar-refractivity contribution is 0.0926.